The van der Waals surface area contributed by atoms with Crippen LogP contribution >= 0.6 is 12.2 Å². The van der Waals surface area contributed by atoms with Crippen molar-refractivity contribution in [2.45, 2.75) is 0 Å². The zero-order valence-electron chi connectivity index (χ0n) is 18.2. The molecule has 4 aromatic rings. The number of hydrogen-bond donors (Lipinski definition) is 3. The van der Waals surface area contributed by atoms with E-state index in [2.05, 4.69) is 25.8 Å². The number of phenolic OH excluding ortho intramolecular Hbond substituents is 1. The molecule has 0 radical (unpaired) electrons. The van der Waals surface area contributed by atoms with E-state index >= 15 is 0 Å². The number of thiocarbonyl (C=S) groups is 1. The number of aromatic hydroxyl groups is 1. The van der Waals surface area contributed by atoms with Crippen LogP contribution in [-0.4, -0.2) is 33.5 Å². The number of hydrogen-bond acceptors (Lipinski definition) is 6. The van der Waals surface area contributed by atoms with Gasteiger partial charge in [-0.3, -0.25) is 15.4 Å². The molecule has 0 saturated carbocycles. The largest absolute Gasteiger partial charge is 0.504 e. The zero-order chi connectivity index (χ0) is 23.3. The first-order chi connectivity index (χ1) is 16.2. The van der Waals surface area contributed by atoms with Gasteiger partial charge in [-0.15, -0.1) is 0 Å². The van der Waals surface area contributed by atoms with Crippen molar-refractivity contribution in [1.82, 2.24) is 15.4 Å². The Bertz CT molecular complexity index is 1140. The molecule has 9 heteroatoms. The van der Waals surface area contributed by atoms with Crippen LogP contribution in [0.5, 0.6) is 11.5 Å². The Morgan fingerprint density at radius 3 is 2.06 bits per heavy atom. The molecule has 34 heavy (non-hydrogen) atoms. The summed E-state index contributed by atoms with van der Waals surface area (Å²) in [7, 11) is 1.49. The third-order valence-electron chi connectivity index (χ3n) is 4.24. The van der Waals surface area contributed by atoms with Crippen molar-refractivity contribution in [2.24, 2.45) is 5.10 Å². The predicted octanol–water partition coefficient (Wildman–Crippen LogP) is 4.86. The minimum atomic E-state index is 0. The van der Waals surface area contributed by atoms with Crippen LogP contribution in [0.25, 0.3) is 11.4 Å². The third kappa shape index (κ3) is 8.28. The Balaban J connectivity index is 0.000000266. The fourth-order valence-electron chi connectivity index (χ4n) is 2.68. The standard InChI is InChI=1S/C15H15N3O2S.C10H8N2.Ni/c1-20-13-9-5-6-11(14(13)19)10-16-18-15(21)17-12-7-3-2-4-8-12;1-3-7-11-9(5-1)10-6-2-4-8-12-10;/h2-10,19H,1H3,(H2,17,18,21);1-8H;/b16-10+;;. The Kier molecular flexibility index (Phi) is 11.2. The van der Waals surface area contributed by atoms with Crippen molar-refractivity contribution in [2.75, 3.05) is 12.4 Å². The Hall–Kier alpha value is -3.81. The molecule has 0 unspecified atom stereocenters. The first kappa shape index (κ1) is 26.4. The number of rotatable bonds is 5. The molecule has 2 heterocycles. The SMILES string of the molecule is COc1cccc(/C=N/NC(=S)Nc2ccccc2)c1O.[Ni].c1ccc(-c2ccccn2)nc1. The first-order valence-corrected chi connectivity index (χ1v) is 10.4. The maximum Gasteiger partial charge on any atom is 0.191 e. The van der Waals surface area contributed by atoms with Gasteiger partial charge in [0.25, 0.3) is 0 Å². The summed E-state index contributed by atoms with van der Waals surface area (Å²) < 4.78 is 5.02. The summed E-state index contributed by atoms with van der Waals surface area (Å²) in [5, 5.41) is 17.2. The van der Waals surface area contributed by atoms with E-state index in [4.69, 9.17) is 17.0 Å². The number of hydrazone groups is 1. The molecule has 0 fully saturated rings. The van der Waals surface area contributed by atoms with Crippen LogP contribution in [0.4, 0.5) is 5.69 Å². The quantitative estimate of drug-likeness (QED) is 0.151. The van der Waals surface area contributed by atoms with Crippen molar-refractivity contribution in [1.29, 1.82) is 0 Å². The molecule has 0 aliphatic carbocycles. The molecule has 0 aliphatic heterocycles. The van der Waals surface area contributed by atoms with E-state index < -0.39 is 0 Å². The summed E-state index contributed by atoms with van der Waals surface area (Å²) in [5.41, 5.74) is 5.91. The van der Waals surface area contributed by atoms with Crippen molar-refractivity contribution in [3.63, 3.8) is 0 Å². The summed E-state index contributed by atoms with van der Waals surface area (Å²) in [6, 6.07) is 26.3. The maximum absolute atomic E-state index is 9.90. The van der Waals surface area contributed by atoms with Crippen LogP contribution in [0.1, 0.15) is 5.56 Å². The second-order valence-electron chi connectivity index (χ2n) is 6.52. The molecule has 0 saturated heterocycles. The summed E-state index contributed by atoms with van der Waals surface area (Å²) in [4.78, 5) is 8.37. The molecule has 0 spiro atoms. The molecule has 2 aromatic heterocycles. The van der Waals surface area contributed by atoms with Crippen LogP contribution in [0.15, 0.2) is 102 Å². The van der Waals surface area contributed by atoms with E-state index in [1.165, 1.54) is 13.3 Å². The minimum absolute atomic E-state index is 0. The van der Waals surface area contributed by atoms with Gasteiger partial charge in [-0.2, -0.15) is 5.10 Å². The van der Waals surface area contributed by atoms with Gasteiger partial charge >= 0.3 is 0 Å². The molecule has 7 nitrogen and oxygen atoms in total. The smallest absolute Gasteiger partial charge is 0.191 e. The van der Waals surface area contributed by atoms with Crippen LogP contribution in [0.2, 0.25) is 0 Å². The predicted molar refractivity (Wildman–Crippen MR) is 136 cm³/mol. The topological polar surface area (TPSA) is 91.7 Å². The minimum Gasteiger partial charge on any atom is -0.504 e. The molecule has 4 rings (SSSR count). The summed E-state index contributed by atoms with van der Waals surface area (Å²) in [6.45, 7) is 0. The van der Waals surface area contributed by atoms with Gasteiger partial charge in [0.1, 0.15) is 0 Å². The molecular weight excluding hydrogens is 493 g/mol. The number of pyridine rings is 2. The molecular formula is C25H23N5NiO2S. The normalized spacial score (nSPS) is 9.79. The molecule has 3 N–H and O–H groups in total. The Morgan fingerprint density at radius 2 is 1.50 bits per heavy atom. The third-order valence-corrected chi connectivity index (χ3v) is 4.44. The number of nitrogens with one attached hydrogen (secondary N) is 2. The van der Waals surface area contributed by atoms with Crippen molar-refractivity contribution >= 4 is 29.2 Å². The number of para-hydroxylation sites is 2. The molecule has 0 aliphatic rings. The second kappa shape index (κ2) is 14.4. The van der Waals surface area contributed by atoms with Gasteiger partial charge in [0.2, 0.25) is 0 Å². The van der Waals surface area contributed by atoms with Crippen LogP contribution < -0.4 is 15.5 Å². The van der Waals surface area contributed by atoms with Crippen LogP contribution in [-0.2, 0) is 16.5 Å². The second-order valence-corrected chi connectivity index (χ2v) is 6.93. The number of ether oxygens (including phenoxy) is 1. The van der Waals surface area contributed by atoms with Gasteiger partial charge in [-0.05, 0) is 60.7 Å². The molecule has 0 atom stereocenters. The average molecular weight is 516 g/mol. The van der Waals surface area contributed by atoms with Crippen molar-refractivity contribution in [3.05, 3.63) is 103 Å². The fourth-order valence-corrected chi connectivity index (χ4v) is 2.85. The van der Waals surface area contributed by atoms with Gasteiger partial charge < -0.3 is 15.2 Å². The number of benzene rings is 2. The van der Waals surface area contributed by atoms with Gasteiger partial charge in [0, 0.05) is 40.1 Å². The van der Waals surface area contributed by atoms with Crippen molar-refractivity contribution in [3.8, 4) is 22.9 Å². The number of anilines is 1. The number of methoxy groups -OCH3 is 1. The zero-order valence-corrected chi connectivity index (χ0v) is 20.0. The fraction of sp³-hybridized carbons (Fsp3) is 0.0400. The Morgan fingerprint density at radius 1 is 0.882 bits per heavy atom. The van der Waals surface area contributed by atoms with E-state index in [0.29, 0.717) is 16.4 Å². The molecule has 176 valence electrons. The summed E-state index contributed by atoms with van der Waals surface area (Å²) in [6.07, 6.45) is 5.00. The monoisotopic (exact) mass is 515 g/mol. The molecule has 0 bridgehead atoms. The average Bonchev–Trinajstić information content (AvgIpc) is 2.87. The van der Waals surface area contributed by atoms with Crippen LogP contribution in [0, 0.1) is 0 Å². The molecule has 0 amide bonds. The maximum atomic E-state index is 9.90. The number of aromatic nitrogens is 2. The van der Waals surface area contributed by atoms with E-state index in [0.717, 1.165) is 17.1 Å². The van der Waals surface area contributed by atoms with E-state index in [1.54, 1.807) is 30.6 Å². The summed E-state index contributed by atoms with van der Waals surface area (Å²) >= 11 is 5.11. The van der Waals surface area contributed by atoms with E-state index in [1.807, 2.05) is 66.7 Å². The molecule has 2 aromatic carbocycles. The summed E-state index contributed by atoms with van der Waals surface area (Å²) in [5.74, 6) is 0.427. The Labute approximate surface area is 213 Å². The van der Waals surface area contributed by atoms with Gasteiger partial charge in [0.05, 0.1) is 24.7 Å². The van der Waals surface area contributed by atoms with Gasteiger partial charge in [-0.1, -0.05) is 36.4 Å². The van der Waals surface area contributed by atoms with E-state index in [-0.39, 0.29) is 22.2 Å². The van der Waals surface area contributed by atoms with Crippen molar-refractivity contribution < 1.29 is 26.3 Å². The van der Waals surface area contributed by atoms with Crippen LogP contribution in [0.3, 0.4) is 0 Å². The van der Waals surface area contributed by atoms with Gasteiger partial charge in [0.15, 0.2) is 16.6 Å². The number of nitrogens with zero attached hydrogens (tertiary/aromatic N) is 3. The number of phenols is 1. The first-order valence-electron chi connectivity index (χ1n) is 10.0. The van der Waals surface area contributed by atoms with E-state index in [9.17, 15) is 5.11 Å². The van der Waals surface area contributed by atoms with Gasteiger partial charge in [-0.25, -0.2) is 0 Å².